The minimum atomic E-state index is 0.0332. The van der Waals surface area contributed by atoms with E-state index in [0.29, 0.717) is 10.7 Å². The fraction of sp³-hybridized carbons (Fsp3) is 0.0833. The largest absolute Gasteiger partial charge is 0.368 e. The number of carbonyl (C=O) groups excluding carboxylic acids is 1. The second-order valence-electron chi connectivity index (χ2n) is 3.96. The van der Waals surface area contributed by atoms with Gasteiger partial charge in [-0.1, -0.05) is 30.0 Å². The molecular weight excluding hydrogens is 262 g/mol. The van der Waals surface area contributed by atoms with Crippen molar-refractivity contribution in [2.45, 2.75) is 5.16 Å². The summed E-state index contributed by atoms with van der Waals surface area (Å²) < 4.78 is 0. The fourth-order valence-electron chi connectivity index (χ4n) is 1.83. The summed E-state index contributed by atoms with van der Waals surface area (Å²) in [6.45, 7) is 0. The number of H-pyrrole nitrogens is 2. The number of Topliss-reactive ketones (excluding diaryl/α,β-unsaturated/α-hetero) is 1. The van der Waals surface area contributed by atoms with Crippen LogP contribution in [0.15, 0.2) is 35.6 Å². The SMILES string of the molecule is Nc1nc(SCC(=O)c2c[nH]c3ccccc23)n[nH]1. The van der Waals surface area contributed by atoms with Crippen molar-refractivity contribution in [3.63, 3.8) is 0 Å². The zero-order chi connectivity index (χ0) is 13.2. The van der Waals surface area contributed by atoms with Crippen LogP contribution in [0.2, 0.25) is 0 Å². The molecule has 0 radical (unpaired) electrons. The first-order valence-corrected chi connectivity index (χ1v) is 6.62. The van der Waals surface area contributed by atoms with Crippen LogP contribution < -0.4 is 5.73 Å². The summed E-state index contributed by atoms with van der Waals surface area (Å²) >= 11 is 1.26. The molecule has 19 heavy (non-hydrogen) atoms. The monoisotopic (exact) mass is 273 g/mol. The Hall–Kier alpha value is -2.28. The Kier molecular flexibility index (Phi) is 2.96. The number of fused-ring (bicyclic) bond motifs is 1. The van der Waals surface area contributed by atoms with E-state index in [2.05, 4.69) is 20.2 Å². The zero-order valence-corrected chi connectivity index (χ0v) is 10.7. The third-order valence-corrected chi connectivity index (χ3v) is 3.55. The minimum absolute atomic E-state index is 0.0332. The molecule has 0 fully saturated rings. The summed E-state index contributed by atoms with van der Waals surface area (Å²) in [4.78, 5) is 19.2. The van der Waals surface area contributed by atoms with Gasteiger partial charge in [-0.2, -0.15) is 4.98 Å². The lowest BCUT2D eigenvalue weighted by atomic mass is 10.1. The molecule has 6 nitrogen and oxygen atoms in total. The maximum absolute atomic E-state index is 12.2. The number of aromatic amines is 2. The van der Waals surface area contributed by atoms with Crippen molar-refractivity contribution >= 4 is 34.4 Å². The Morgan fingerprint density at radius 3 is 3.00 bits per heavy atom. The predicted octanol–water partition coefficient (Wildman–Crippen LogP) is 1.84. The maximum Gasteiger partial charge on any atom is 0.216 e. The number of hydrogen-bond acceptors (Lipinski definition) is 5. The van der Waals surface area contributed by atoms with Gasteiger partial charge in [-0.05, 0) is 6.07 Å². The second-order valence-corrected chi connectivity index (χ2v) is 4.91. The number of ketones is 1. The lowest BCUT2D eigenvalue weighted by molar-refractivity contribution is 0.102. The molecule has 2 aromatic heterocycles. The molecule has 0 saturated heterocycles. The number of para-hydroxylation sites is 1. The average Bonchev–Trinajstić information content (AvgIpc) is 3.02. The van der Waals surface area contributed by atoms with Crippen LogP contribution in [0.4, 0.5) is 5.95 Å². The van der Waals surface area contributed by atoms with Crippen LogP contribution in [0, 0.1) is 0 Å². The van der Waals surface area contributed by atoms with Crippen LogP contribution in [-0.4, -0.2) is 31.7 Å². The summed E-state index contributed by atoms with van der Waals surface area (Å²) in [5.41, 5.74) is 7.06. The Balaban J connectivity index is 1.77. The van der Waals surface area contributed by atoms with Crippen molar-refractivity contribution in [3.05, 3.63) is 36.0 Å². The van der Waals surface area contributed by atoms with Gasteiger partial charge in [0.05, 0.1) is 5.75 Å². The van der Waals surface area contributed by atoms with Gasteiger partial charge in [0.1, 0.15) is 0 Å². The molecule has 3 aromatic rings. The van der Waals surface area contributed by atoms with Gasteiger partial charge in [-0.3, -0.25) is 4.79 Å². The predicted molar refractivity (Wildman–Crippen MR) is 74.1 cm³/mol. The van der Waals surface area contributed by atoms with E-state index >= 15 is 0 Å². The molecule has 7 heteroatoms. The van der Waals surface area contributed by atoms with Gasteiger partial charge in [-0.25, -0.2) is 5.10 Å². The van der Waals surface area contributed by atoms with Gasteiger partial charge in [0.15, 0.2) is 5.78 Å². The highest BCUT2D eigenvalue weighted by atomic mass is 32.2. The highest BCUT2D eigenvalue weighted by Gasteiger charge is 2.13. The number of nitrogens with two attached hydrogens (primary N) is 1. The molecule has 0 unspecified atom stereocenters. The zero-order valence-electron chi connectivity index (χ0n) is 9.88. The number of nitrogens with one attached hydrogen (secondary N) is 2. The number of carbonyl (C=O) groups is 1. The van der Waals surface area contributed by atoms with E-state index in [-0.39, 0.29) is 17.5 Å². The average molecular weight is 273 g/mol. The molecule has 2 heterocycles. The van der Waals surface area contributed by atoms with Gasteiger partial charge < -0.3 is 10.7 Å². The van der Waals surface area contributed by atoms with Crippen molar-refractivity contribution in [2.24, 2.45) is 0 Å². The van der Waals surface area contributed by atoms with E-state index < -0.39 is 0 Å². The molecule has 0 saturated carbocycles. The number of aromatic nitrogens is 4. The molecular formula is C12H11N5OS. The first kappa shape index (κ1) is 11.8. The van der Waals surface area contributed by atoms with Crippen molar-refractivity contribution in [1.29, 1.82) is 0 Å². The number of nitrogens with zero attached hydrogens (tertiary/aromatic N) is 2. The number of hydrogen-bond donors (Lipinski definition) is 3. The first-order valence-electron chi connectivity index (χ1n) is 5.64. The molecule has 0 aliphatic heterocycles. The molecule has 0 aliphatic carbocycles. The summed E-state index contributed by atoms with van der Waals surface area (Å²) in [6, 6.07) is 7.71. The summed E-state index contributed by atoms with van der Waals surface area (Å²) in [5, 5.41) is 7.82. The van der Waals surface area contributed by atoms with Crippen LogP contribution >= 0.6 is 11.8 Å². The molecule has 0 amide bonds. The van der Waals surface area contributed by atoms with Gasteiger partial charge in [0.25, 0.3) is 0 Å². The number of thioether (sulfide) groups is 1. The number of benzene rings is 1. The third kappa shape index (κ3) is 2.32. The molecule has 0 aliphatic rings. The fourth-order valence-corrected chi connectivity index (χ4v) is 2.52. The van der Waals surface area contributed by atoms with Crippen LogP contribution in [0.25, 0.3) is 10.9 Å². The number of rotatable bonds is 4. The quantitative estimate of drug-likeness (QED) is 0.497. The molecule has 0 atom stereocenters. The van der Waals surface area contributed by atoms with E-state index in [1.54, 1.807) is 6.20 Å². The molecule has 3 rings (SSSR count). The minimum Gasteiger partial charge on any atom is -0.368 e. The third-order valence-electron chi connectivity index (χ3n) is 2.70. The Morgan fingerprint density at radius 1 is 1.37 bits per heavy atom. The second kappa shape index (κ2) is 4.77. The van der Waals surface area contributed by atoms with Crippen LogP contribution in [-0.2, 0) is 0 Å². The van der Waals surface area contributed by atoms with Crippen molar-refractivity contribution in [2.75, 3.05) is 11.5 Å². The van der Waals surface area contributed by atoms with Crippen molar-refractivity contribution < 1.29 is 4.79 Å². The molecule has 0 spiro atoms. The van der Waals surface area contributed by atoms with Gasteiger partial charge in [0, 0.05) is 22.7 Å². The van der Waals surface area contributed by atoms with Crippen LogP contribution in [0.5, 0.6) is 0 Å². The Bertz CT molecular complexity index is 732. The first-order chi connectivity index (χ1) is 9.24. The lowest BCUT2D eigenvalue weighted by Gasteiger charge is -1.97. The summed E-state index contributed by atoms with van der Waals surface area (Å²) in [7, 11) is 0. The van der Waals surface area contributed by atoms with Crippen molar-refractivity contribution in [1.82, 2.24) is 20.2 Å². The van der Waals surface area contributed by atoms with E-state index in [1.165, 1.54) is 11.8 Å². The molecule has 1 aromatic carbocycles. The Morgan fingerprint density at radius 2 is 2.21 bits per heavy atom. The maximum atomic E-state index is 12.2. The topological polar surface area (TPSA) is 100 Å². The number of nitrogen functional groups attached to an aromatic ring is 1. The molecule has 96 valence electrons. The summed E-state index contributed by atoms with van der Waals surface area (Å²) in [6.07, 6.45) is 1.74. The standard InChI is InChI=1S/C12H11N5OS/c13-11-15-12(17-16-11)19-6-10(18)8-5-14-9-4-2-1-3-7(8)9/h1-5,14H,6H2,(H3,13,15,16,17). The van der Waals surface area contributed by atoms with Crippen LogP contribution in [0.3, 0.4) is 0 Å². The highest BCUT2D eigenvalue weighted by Crippen LogP contribution is 2.21. The van der Waals surface area contributed by atoms with Gasteiger partial charge in [-0.15, -0.1) is 5.10 Å². The van der Waals surface area contributed by atoms with Gasteiger partial charge in [0.2, 0.25) is 11.1 Å². The van der Waals surface area contributed by atoms with E-state index in [9.17, 15) is 4.79 Å². The van der Waals surface area contributed by atoms with E-state index in [4.69, 9.17) is 5.73 Å². The van der Waals surface area contributed by atoms with Crippen LogP contribution in [0.1, 0.15) is 10.4 Å². The molecule has 4 N–H and O–H groups in total. The normalized spacial score (nSPS) is 10.9. The van der Waals surface area contributed by atoms with E-state index in [0.717, 1.165) is 10.9 Å². The summed E-state index contributed by atoms with van der Waals surface area (Å²) in [5.74, 6) is 0.562. The molecule has 0 bridgehead atoms. The van der Waals surface area contributed by atoms with Gasteiger partial charge >= 0.3 is 0 Å². The lowest BCUT2D eigenvalue weighted by Crippen LogP contribution is -2.01. The smallest absolute Gasteiger partial charge is 0.216 e. The Labute approximate surface area is 112 Å². The van der Waals surface area contributed by atoms with E-state index in [1.807, 2.05) is 24.3 Å². The van der Waals surface area contributed by atoms with Crippen molar-refractivity contribution in [3.8, 4) is 0 Å². The highest BCUT2D eigenvalue weighted by molar-refractivity contribution is 7.99. The number of anilines is 1.